The van der Waals surface area contributed by atoms with Gasteiger partial charge in [0.15, 0.2) is 5.75 Å². The van der Waals surface area contributed by atoms with Crippen molar-refractivity contribution in [3.8, 4) is 17.4 Å². The molecule has 266 valence electrons. The lowest BCUT2D eigenvalue weighted by Crippen LogP contribution is -2.38. The number of rotatable bonds is 10. The highest BCUT2D eigenvalue weighted by Gasteiger charge is 2.26. The highest BCUT2D eigenvalue weighted by Crippen LogP contribution is 2.39. The lowest BCUT2D eigenvalue weighted by Gasteiger charge is -2.30. The molecule has 0 saturated carbocycles. The zero-order valence-electron chi connectivity index (χ0n) is 29.7. The van der Waals surface area contributed by atoms with Gasteiger partial charge in [-0.3, -0.25) is 9.52 Å². The Morgan fingerprint density at radius 2 is 1.67 bits per heavy atom. The van der Waals surface area contributed by atoms with Gasteiger partial charge in [-0.05, 0) is 87.3 Å². The van der Waals surface area contributed by atoms with Crippen LogP contribution in [0.5, 0.6) is 17.4 Å². The summed E-state index contributed by atoms with van der Waals surface area (Å²) in [5.74, 6) is 1.45. The fourth-order valence-electron chi connectivity index (χ4n) is 5.18. The Bertz CT molecular complexity index is 1780. The number of aromatic nitrogens is 2. The maximum atomic E-state index is 13.5. The van der Waals surface area contributed by atoms with Crippen molar-refractivity contribution in [1.82, 2.24) is 15.0 Å². The highest BCUT2D eigenvalue weighted by molar-refractivity contribution is 7.92. The summed E-state index contributed by atoms with van der Waals surface area (Å²) in [5.41, 5.74) is 1.47. The average Bonchev–Trinajstić information content (AvgIpc) is 2.97. The smallest absolute Gasteiger partial charge is 0.492 e. The van der Waals surface area contributed by atoms with Crippen molar-refractivity contribution in [2.45, 2.75) is 78.7 Å². The van der Waals surface area contributed by atoms with Crippen LogP contribution in [0.25, 0.3) is 0 Å². The molecule has 1 fully saturated rings. The van der Waals surface area contributed by atoms with E-state index in [-0.39, 0.29) is 16.9 Å². The highest BCUT2D eigenvalue weighted by atomic mass is 32.2. The van der Waals surface area contributed by atoms with Gasteiger partial charge in [0.1, 0.15) is 17.2 Å². The van der Waals surface area contributed by atoms with E-state index in [1.807, 2.05) is 27.7 Å². The van der Waals surface area contributed by atoms with Gasteiger partial charge >= 0.3 is 6.16 Å². The molecule has 0 aliphatic carbocycles. The second kappa shape index (κ2) is 15.0. The molecule has 0 spiro atoms. The Morgan fingerprint density at radius 1 is 1.00 bits per heavy atom. The van der Waals surface area contributed by atoms with Gasteiger partial charge in [0, 0.05) is 37.3 Å². The zero-order chi connectivity index (χ0) is 36.1. The second-order valence-corrected chi connectivity index (χ2v) is 16.0. The average molecular weight is 698 g/mol. The fourth-order valence-corrected chi connectivity index (χ4v) is 5.73. The molecule has 49 heavy (non-hydrogen) atoms. The van der Waals surface area contributed by atoms with Crippen LogP contribution in [0, 0.1) is 12.8 Å². The number of anilines is 2. The number of nitrogens with one attached hydrogen (secondary N) is 2. The van der Waals surface area contributed by atoms with E-state index in [9.17, 15) is 18.0 Å². The first kappa shape index (κ1) is 37.4. The number of aryl methyl sites for hydroxylation is 1. The van der Waals surface area contributed by atoms with Crippen molar-refractivity contribution >= 4 is 33.5 Å². The lowest BCUT2D eigenvalue weighted by atomic mass is 9.86. The van der Waals surface area contributed by atoms with Gasteiger partial charge in [-0.15, -0.1) is 5.06 Å². The molecule has 0 atom stereocenters. The third-order valence-corrected chi connectivity index (χ3v) is 8.28. The molecule has 2 aromatic carbocycles. The molecule has 2 heterocycles. The number of amides is 1. The largest absolute Gasteiger partial charge is 0.528 e. The number of piperidine rings is 1. The van der Waals surface area contributed by atoms with Gasteiger partial charge < -0.3 is 24.4 Å². The van der Waals surface area contributed by atoms with Gasteiger partial charge in [-0.1, -0.05) is 26.8 Å². The predicted molar refractivity (Wildman–Crippen MR) is 187 cm³/mol. The van der Waals surface area contributed by atoms with E-state index < -0.39 is 27.7 Å². The van der Waals surface area contributed by atoms with E-state index in [4.69, 9.17) is 19.0 Å². The molecule has 13 nitrogen and oxygen atoms in total. The van der Waals surface area contributed by atoms with Gasteiger partial charge in [0.05, 0.1) is 24.7 Å². The van der Waals surface area contributed by atoms with E-state index in [2.05, 4.69) is 20.0 Å². The topological polar surface area (TPSA) is 158 Å². The number of hydrogen-bond donors (Lipinski definition) is 2. The van der Waals surface area contributed by atoms with E-state index in [0.29, 0.717) is 54.1 Å². The second-order valence-electron chi connectivity index (χ2n) is 14.2. The van der Waals surface area contributed by atoms with Crippen molar-refractivity contribution in [2.24, 2.45) is 5.92 Å². The van der Waals surface area contributed by atoms with Crippen LogP contribution in [-0.2, 0) is 31.4 Å². The number of hydrogen-bond acceptors (Lipinski definition) is 11. The number of methoxy groups -OCH3 is 1. The van der Waals surface area contributed by atoms with Crippen molar-refractivity contribution < 1.29 is 37.1 Å². The summed E-state index contributed by atoms with van der Waals surface area (Å²) < 4.78 is 43.6. The SMILES string of the molecule is COc1c(NC(=O)c2ccc(C)c(Oc3ccnc(CC4CCN(OC(=O)OC(C)(C)C)CC4)n3)c2)cc(C(C)(C)C)cc1NS(C)(=O)=O. The van der Waals surface area contributed by atoms with Crippen LogP contribution in [0.1, 0.15) is 81.7 Å². The molecule has 14 heteroatoms. The number of ether oxygens (including phenoxy) is 3. The Morgan fingerprint density at radius 3 is 2.29 bits per heavy atom. The fraction of sp³-hybridized carbons (Fsp3) is 0.486. The Balaban J connectivity index is 1.45. The number of sulfonamides is 1. The monoisotopic (exact) mass is 697 g/mol. The summed E-state index contributed by atoms with van der Waals surface area (Å²) in [6, 6.07) is 10.2. The Labute approximate surface area is 288 Å². The molecule has 3 aromatic rings. The van der Waals surface area contributed by atoms with Crippen LogP contribution >= 0.6 is 0 Å². The van der Waals surface area contributed by atoms with E-state index in [1.54, 1.807) is 68.4 Å². The summed E-state index contributed by atoms with van der Waals surface area (Å²) in [4.78, 5) is 40.0. The third-order valence-electron chi connectivity index (χ3n) is 7.69. The van der Waals surface area contributed by atoms with Crippen molar-refractivity contribution in [1.29, 1.82) is 0 Å². The minimum absolute atomic E-state index is 0.185. The summed E-state index contributed by atoms with van der Waals surface area (Å²) in [6.45, 7) is 14.4. The van der Waals surface area contributed by atoms with E-state index in [0.717, 1.165) is 30.2 Å². The first-order chi connectivity index (χ1) is 22.8. The molecule has 1 aliphatic rings. The number of benzene rings is 2. The number of nitrogens with zero attached hydrogens (tertiary/aromatic N) is 3. The van der Waals surface area contributed by atoms with Gasteiger partial charge in [0.25, 0.3) is 5.91 Å². The number of hydroxylamine groups is 2. The summed E-state index contributed by atoms with van der Waals surface area (Å²) in [6.07, 6.45) is 4.20. The number of carbonyl (C=O) groups excluding carboxylic acids is 2. The van der Waals surface area contributed by atoms with Gasteiger partial charge in [-0.25, -0.2) is 18.2 Å². The van der Waals surface area contributed by atoms with Crippen LogP contribution < -0.4 is 19.5 Å². The molecule has 1 aromatic heterocycles. The van der Waals surface area contributed by atoms with Crippen LogP contribution in [0.3, 0.4) is 0 Å². The standard InChI is InChI=1S/C35H47N5O8S/c1-22-10-11-24(32(41)37-26-20-25(34(2,3)4)21-27(31(26)45-8)39-49(9,43)44)19-28(22)46-30-12-15-36-29(38-30)18-23-13-16-40(17-14-23)48-33(42)47-35(5,6)7/h10-12,15,19-21,23,39H,13-14,16-18H2,1-9H3,(H,37,41). The summed E-state index contributed by atoms with van der Waals surface area (Å²) in [5, 5.41) is 4.51. The van der Waals surface area contributed by atoms with Crippen LogP contribution in [-0.4, -0.2) is 67.6 Å². The number of carbonyl (C=O) groups is 2. The third kappa shape index (κ3) is 11.0. The van der Waals surface area contributed by atoms with Crippen LogP contribution in [0.15, 0.2) is 42.6 Å². The van der Waals surface area contributed by atoms with E-state index in [1.165, 1.54) is 7.11 Å². The van der Waals surface area contributed by atoms with Crippen molar-refractivity contribution in [3.05, 3.63) is 65.1 Å². The molecule has 0 bridgehead atoms. The molecule has 4 rings (SSSR count). The Hall–Kier alpha value is -4.43. The van der Waals surface area contributed by atoms with E-state index >= 15 is 0 Å². The van der Waals surface area contributed by atoms with Crippen LogP contribution in [0.2, 0.25) is 0 Å². The molecule has 1 saturated heterocycles. The summed E-state index contributed by atoms with van der Waals surface area (Å²) in [7, 11) is -2.21. The first-order valence-electron chi connectivity index (χ1n) is 16.1. The molecule has 1 amide bonds. The minimum Gasteiger partial charge on any atom is -0.492 e. The maximum Gasteiger partial charge on any atom is 0.528 e. The van der Waals surface area contributed by atoms with Gasteiger partial charge in [0.2, 0.25) is 15.9 Å². The van der Waals surface area contributed by atoms with Gasteiger partial charge in [-0.2, -0.15) is 4.98 Å². The lowest BCUT2D eigenvalue weighted by molar-refractivity contribution is -0.155. The Kier molecular flexibility index (Phi) is 11.4. The zero-order valence-corrected chi connectivity index (χ0v) is 30.5. The quantitative estimate of drug-likeness (QED) is 0.219. The molecular weight excluding hydrogens is 650 g/mol. The molecule has 2 N–H and O–H groups in total. The maximum absolute atomic E-state index is 13.5. The summed E-state index contributed by atoms with van der Waals surface area (Å²) >= 11 is 0. The molecular formula is C35H47N5O8S. The van der Waals surface area contributed by atoms with Crippen molar-refractivity contribution in [3.63, 3.8) is 0 Å². The van der Waals surface area contributed by atoms with Crippen molar-refractivity contribution in [2.75, 3.05) is 36.5 Å². The molecule has 0 radical (unpaired) electrons. The molecule has 1 aliphatic heterocycles. The minimum atomic E-state index is -3.62. The van der Waals surface area contributed by atoms with Crippen LogP contribution in [0.4, 0.5) is 16.2 Å². The first-order valence-corrected chi connectivity index (χ1v) is 18.0. The normalized spacial score (nSPS) is 14.6. The molecule has 0 unspecified atom stereocenters. The predicted octanol–water partition coefficient (Wildman–Crippen LogP) is 6.63.